The molecule has 0 atom stereocenters. The molecule has 0 radical (unpaired) electrons. The van der Waals surface area contributed by atoms with E-state index in [1.807, 2.05) is 42.5 Å². The maximum absolute atomic E-state index is 11.3. The zero-order valence-corrected chi connectivity index (χ0v) is 24.3. The fraction of sp³-hybridized carbons (Fsp3) is 0.136. The Balaban J connectivity index is 0.00000320. The minimum atomic E-state index is -1.63. The first-order valence-electron chi connectivity index (χ1n) is 8.85. The van der Waals surface area contributed by atoms with Crippen LogP contribution in [0, 0.1) is 0 Å². The first kappa shape index (κ1) is 31.1. The normalized spacial score (nSPS) is 9.62. The second-order valence-electron chi connectivity index (χ2n) is 6.50. The van der Waals surface area contributed by atoms with E-state index in [1.54, 1.807) is 4.90 Å². The van der Waals surface area contributed by atoms with Crippen molar-refractivity contribution in [1.29, 1.82) is 0 Å². The van der Waals surface area contributed by atoms with Gasteiger partial charge in [0.2, 0.25) is 0 Å². The molecule has 0 aliphatic carbocycles. The van der Waals surface area contributed by atoms with Crippen LogP contribution in [0.3, 0.4) is 0 Å². The number of hydrogen-bond acceptors (Lipinski definition) is 7. The van der Waals surface area contributed by atoms with Gasteiger partial charge in [-0.15, -0.1) is 0 Å². The predicted molar refractivity (Wildman–Crippen MR) is 99.7 cm³/mol. The van der Waals surface area contributed by atoms with Gasteiger partial charge in [0, 0.05) is 47.7 Å². The Bertz CT molecular complexity index is 1100. The summed E-state index contributed by atoms with van der Waals surface area (Å²) in [6, 6.07) is 17.0. The molecule has 0 spiro atoms. The Hall–Kier alpha value is -0.870. The molecule has 0 aliphatic heterocycles. The van der Waals surface area contributed by atoms with Gasteiger partial charge in [-0.2, -0.15) is 0 Å². The van der Waals surface area contributed by atoms with Crippen molar-refractivity contribution in [2.45, 2.75) is 13.0 Å². The van der Waals surface area contributed by atoms with Gasteiger partial charge in [0.1, 0.15) is 0 Å². The minimum absolute atomic E-state index is 0. The molecule has 3 rings (SSSR count). The summed E-state index contributed by atoms with van der Waals surface area (Å²) in [6.07, 6.45) is -0.228. The van der Waals surface area contributed by atoms with E-state index in [1.165, 1.54) is 12.1 Å². The number of carboxylic acids is 3. The largest absolute Gasteiger partial charge is 1.00 e. The molecule has 7 nitrogen and oxygen atoms in total. The Morgan fingerprint density at radius 3 is 2.00 bits per heavy atom. The van der Waals surface area contributed by atoms with Crippen molar-refractivity contribution in [3.05, 3.63) is 77.4 Å². The van der Waals surface area contributed by atoms with Crippen LogP contribution < -0.4 is 109 Å². The Morgan fingerprint density at radius 1 is 0.750 bits per heavy atom. The molecule has 3 aromatic carbocycles. The predicted octanol–water partition coefficient (Wildman–Crippen LogP) is -9.27. The molecule has 0 unspecified atom stereocenters. The first-order chi connectivity index (χ1) is 13.9. The quantitative estimate of drug-likeness (QED) is 0.307. The topological polar surface area (TPSA) is 124 Å². The van der Waals surface area contributed by atoms with E-state index < -0.39 is 29.0 Å². The fourth-order valence-corrected chi connectivity index (χ4v) is 3.25. The number of carbonyl (C=O) groups is 3. The number of rotatable bonds is 8. The molecule has 32 heavy (non-hydrogen) atoms. The molecule has 3 aromatic rings. The maximum atomic E-state index is 11.3. The Morgan fingerprint density at radius 2 is 1.38 bits per heavy atom. The maximum Gasteiger partial charge on any atom is 1.00 e. The number of hydrogen-bond donors (Lipinski definition) is 0. The Labute approximate surface area is 251 Å². The number of benzene rings is 3. The zero-order valence-electron chi connectivity index (χ0n) is 18.3. The van der Waals surface area contributed by atoms with Crippen molar-refractivity contribution in [2.24, 2.45) is 0 Å². The van der Waals surface area contributed by atoms with E-state index >= 15 is 0 Å². The van der Waals surface area contributed by atoms with Crippen molar-refractivity contribution in [1.82, 2.24) is 0 Å². The summed E-state index contributed by atoms with van der Waals surface area (Å²) < 4.78 is 0. The zero-order chi connectivity index (χ0) is 21.0. The summed E-state index contributed by atoms with van der Waals surface area (Å²) in [5.41, 5.74) is 0.296. The molecule has 0 heterocycles. The van der Waals surface area contributed by atoms with Crippen LogP contribution in [0.25, 0.3) is 10.8 Å². The SMILES string of the molecule is O=C([O-])CCN(Cc1ccc(C(=O)[O-])c(C(=O)[O-])c1)c1cccc2ccccc12.[Na+].[Na+].[Na+]. The van der Waals surface area contributed by atoms with Crippen LogP contribution >= 0.6 is 0 Å². The van der Waals surface area contributed by atoms with Gasteiger partial charge in [-0.25, -0.2) is 0 Å². The third-order valence-corrected chi connectivity index (χ3v) is 4.59. The van der Waals surface area contributed by atoms with Crippen LogP contribution in [0.2, 0.25) is 0 Å². The van der Waals surface area contributed by atoms with Gasteiger partial charge in [-0.3, -0.25) is 0 Å². The third kappa shape index (κ3) is 7.87. The van der Waals surface area contributed by atoms with Crippen molar-refractivity contribution in [3.8, 4) is 0 Å². The smallest absolute Gasteiger partial charge is 0.550 e. The number of aliphatic carboxylic acids is 1. The van der Waals surface area contributed by atoms with Crippen LogP contribution in [0.5, 0.6) is 0 Å². The summed E-state index contributed by atoms with van der Waals surface area (Å²) in [7, 11) is 0. The van der Waals surface area contributed by atoms with Crippen molar-refractivity contribution >= 4 is 34.4 Å². The minimum Gasteiger partial charge on any atom is -0.550 e. The van der Waals surface area contributed by atoms with E-state index in [0.717, 1.165) is 22.5 Å². The molecule has 0 aromatic heterocycles. The van der Waals surface area contributed by atoms with Crippen LogP contribution in [-0.4, -0.2) is 24.5 Å². The first-order valence-corrected chi connectivity index (χ1v) is 8.85. The summed E-state index contributed by atoms with van der Waals surface area (Å²) in [4.78, 5) is 35.2. The summed E-state index contributed by atoms with van der Waals surface area (Å²) in [5.74, 6) is -4.45. The van der Waals surface area contributed by atoms with E-state index in [0.29, 0.717) is 5.56 Å². The molecule has 0 fully saturated rings. The van der Waals surface area contributed by atoms with Crippen LogP contribution in [0.15, 0.2) is 60.7 Å². The van der Waals surface area contributed by atoms with Crippen LogP contribution in [0.1, 0.15) is 32.7 Å². The van der Waals surface area contributed by atoms with Crippen molar-refractivity contribution in [3.63, 3.8) is 0 Å². The summed E-state index contributed by atoms with van der Waals surface area (Å²) >= 11 is 0. The van der Waals surface area contributed by atoms with Crippen molar-refractivity contribution in [2.75, 3.05) is 11.4 Å². The molecular formula is C22H16NNa3O6. The molecule has 0 saturated carbocycles. The molecule has 0 aliphatic rings. The molecule has 0 saturated heterocycles. The van der Waals surface area contributed by atoms with E-state index in [-0.39, 0.29) is 108 Å². The second kappa shape index (κ2) is 14.4. The van der Waals surface area contributed by atoms with E-state index in [4.69, 9.17) is 0 Å². The van der Waals surface area contributed by atoms with Gasteiger partial charge in [-0.05, 0) is 23.1 Å². The van der Waals surface area contributed by atoms with Gasteiger partial charge < -0.3 is 34.6 Å². The van der Waals surface area contributed by atoms with Gasteiger partial charge in [-0.1, -0.05) is 48.5 Å². The van der Waals surface area contributed by atoms with Crippen molar-refractivity contribution < 1.29 is 118 Å². The van der Waals surface area contributed by atoms with Crippen LogP contribution in [0.4, 0.5) is 5.69 Å². The average Bonchev–Trinajstić information content (AvgIpc) is 2.70. The van der Waals surface area contributed by atoms with Gasteiger partial charge in [0.05, 0.1) is 11.9 Å². The molecule has 0 amide bonds. The molecule has 0 N–H and O–H groups in total. The van der Waals surface area contributed by atoms with Crippen LogP contribution in [-0.2, 0) is 11.3 Å². The van der Waals surface area contributed by atoms with Gasteiger partial charge in [0.25, 0.3) is 0 Å². The average molecular weight is 459 g/mol. The monoisotopic (exact) mass is 459 g/mol. The molecule has 148 valence electrons. The molecule has 10 heteroatoms. The van der Waals surface area contributed by atoms with E-state index in [9.17, 15) is 29.7 Å². The fourth-order valence-electron chi connectivity index (χ4n) is 3.25. The van der Waals surface area contributed by atoms with Gasteiger partial charge in [0.15, 0.2) is 0 Å². The molecule has 0 bridgehead atoms. The summed E-state index contributed by atoms with van der Waals surface area (Å²) in [6.45, 7) is 0.286. The third-order valence-electron chi connectivity index (χ3n) is 4.59. The molecular weight excluding hydrogens is 443 g/mol. The Kier molecular flexibility index (Phi) is 14.0. The van der Waals surface area contributed by atoms with E-state index in [2.05, 4.69) is 0 Å². The second-order valence-corrected chi connectivity index (χ2v) is 6.50. The number of anilines is 1. The number of carboxylic acid groups (broad SMARTS) is 3. The number of nitrogens with zero attached hydrogens (tertiary/aromatic N) is 1. The number of aromatic carboxylic acids is 2. The standard InChI is InChI=1S/C22H19NO6.3Na/c24-20(25)10-11-23(19-7-3-5-15-4-1-2-6-16(15)19)13-14-8-9-17(21(26)27)18(12-14)22(28)29;;;/h1-9,12H,10-11,13H2,(H,24,25)(H,26,27)(H,28,29);;;/q;3*+1/p-3. The summed E-state index contributed by atoms with van der Waals surface area (Å²) in [5, 5.41) is 35.3. The number of carbonyl (C=O) groups excluding carboxylic acids is 3. The number of fused-ring (bicyclic) bond motifs is 1. The van der Waals surface area contributed by atoms with Gasteiger partial charge >= 0.3 is 88.7 Å².